The first-order valence-electron chi connectivity index (χ1n) is 5.57. The number of nitrogens with zero attached hydrogens (tertiary/aromatic N) is 2. The van der Waals surface area contributed by atoms with Gasteiger partial charge in [0.05, 0.1) is 18.0 Å². The molecule has 0 radical (unpaired) electrons. The molecule has 2 heterocycles. The fourth-order valence-electron chi connectivity index (χ4n) is 1.68. The van der Waals surface area contributed by atoms with E-state index in [1.165, 1.54) is 0 Å². The van der Waals surface area contributed by atoms with Crippen molar-refractivity contribution in [2.75, 3.05) is 0 Å². The van der Waals surface area contributed by atoms with Crippen LogP contribution in [0.15, 0.2) is 36.8 Å². The minimum absolute atomic E-state index is 0.222. The quantitative estimate of drug-likeness (QED) is 0.803. The lowest BCUT2D eigenvalue weighted by Gasteiger charge is -1.99. The van der Waals surface area contributed by atoms with Crippen molar-refractivity contribution >= 4 is 17.6 Å². The van der Waals surface area contributed by atoms with E-state index in [0.29, 0.717) is 6.42 Å². The maximum atomic E-state index is 10.3. The van der Waals surface area contributed by atoms with E-state index in [0.717, 1.165) is 17.6 Å². The van der Waals surface area contributed by atoms with Gasteiger partial charge in [-0.05, 0) is 31.1 Å². The number of rotatable bonds is 5. The predicted octanol–water partition coefficient (Wildman–Crippen LogP) is 2.60. The number of unbranched alkanes of at least 4 members (excludes halogenated alkanes) is 1. The van der Waals surface area contributed by atoms with E-state index in [9.17, 15) is 4.79 Å². The zero-order valence-corrected chi connectivity index (χ0v) is 9.41. The molecule has 4 heteroatoms. The van der Waals surface area contributed by atoms with Gasteiger partial charge in [-0.2, -0.15) is 0 Å². The van der Waals surface area contributed by atoms with Gasteiger partial charge in [-0.1, -0.05) is 12.1 Å². The third-order valence-electron chi connectivity index (χ3n) is 2.53. The molecule has 0 saturated carbocycles. The van der Waals surface area contributed by atoms with Crippen molar-refractivity contribution in [3.8, 4) is 0 Å². The molecule has 2 aromatic heterocycles. The maximum absolute atomic E-state index is 10.3. The van der Waals surface area contributed by atoms with Gasteiger partial charge in [0, 0.05) is 12.1 Å². The third-order valence-corrected chi connectivity index (χ3v) is 2.53. The molecule has 0 bridgehead atoms. The normalized spacial score (nSPS) is 11.3. The Balaban J connectivity index is 2.00. The van der Waals surface area contributed by atoms with Crippen molar-refractivity contribution in [1.29, 1.82) is 0 Å². The van der Waals surface area contributed by atoms with Crippen LogP contribution in [0.5, 0.6) is 0 Å². The van der Waals surface area contributed by atoms with Crippen molar-refractivity contribution in [2.45, 2.75) is 19.3 Å². The number of aromatic nitrogens is 2. The fourth-order valence-corrected chi connectivity index (χ4v) is 1.68. The van der Waals surface area contributed by atoms with Crippen LogP contribution in [0, 0.1) is 0 Å². The fraction of sp³-hybridized carbons (Fsp3) is 0.231. The lowest BCUT2D eigenvalue weighted by molar-refractivity contribution is -0.137. The second-order valence-electron chi connectivity index (χ2n) is 3.83. The smallest absolute Gasteiger partial charge is 0.303 e. The third kappa shape index (κ3) is 2.93. The first kappa shape index (κ1) is 11.4. The second-order valence-corrected chi connectivity index (χ2v) is 3.83. The minimum Gasteiger partial charge on any atom is -0.481 e. The molecule has 1 N–H and O–H groups in total. The highest BCUT2D eigenvalue weighted by Gasteiger charge is 1.96. The van der Waals surface area contributed by atoms with Crippen molar-refractivity contribution in [3.05, 3.63) is 42.5 Å². The van der Waals surface area contributed by atoms with E-state index in [4.69, 9.17) is 5.11 Å². The summed E-state index contributed by atoms with van der Waals surface area (Å²) >= 11 is 0. The van der Waals surface area contributed by atoms with Gasteiger partial charge in [-0.25, -0.2) is 4.98 Å². The van der Waals surface area contributed by atoms with Gasteiger partial charge in [0.1, 0.15) is 0 Å². The Labute approximate surface area is 99.2 Å². The maximum Gasteiger partial charge on any atom is 0.303 e. The minimum atomic E-state index is -0.741. The van der Waals surface area contributed by atoms with Crippen molar-refractivity contribution in [2.24, 2.45) is 0 Å². The summed E-state index contributed by atoms with van der Waals surface area (Å²) in [6.45, 7) is 0. The average molecular weight is 230 g/mol. The van der Waals surface area contributed by atoms with Crippen LogP contribution in [0.2, 0.25) is 0 Å². The highest BCUT2D eigenvalue weighted by atomic mass is 16.4. The van der Waals surface area contributed by atoms with Crippen LogP contribution in [0.25, 0.3) is 11.6 Å². The predicted molar refractivity (Wildman–Crippen MR) is 65.7 cm³/mol. The van der Waals surface area contributed by atoms with Gasteiger partial charge in [0.25, 0.3) is 0 Å². The molecular weight excluding hydrogens is 216 g/mol. The van der Waals surface area contributed by atoms with Crippen LogP contribution < -0.4 is 0 Å². The number of carboxylic acid groups (broad SMARTS) is 1. The Morgan fingerprint density at radius 2 is 2.35 bits per heavy atom. The number of carbonyl (C=O) groups is 1. The summed E-state index contributed by atoms with van der Waals surface area (Å²) in [5, 5.41) is 8.51. The molecule has 0 amide bonds. The molecule has 2 aromatic rings. The van der Waals surface area contributed by atoms with Crippen LogP contribution in [0.1, 0.15) is 25.0 Å². The van der Waals surface area contributed by atoms with Crippen LogP contribution in [0.3, 0.4) is 0 Å². The monoisotopic (exact) mass is 230 g/mol. The van der Waals surface area contributed by atoms with E-state index in [1.807, 2.05) is 40.9 Å². The van der Waals surface area contributed by atoms with Gasteiger partial charge >= 0.3 is 5.97 Å². The van der Waals surface area contributed by atoms with E-state index in [-0.39, 0.29) is 6.42 Å². The highest BCUT2D eigenvalue weighted by Crippen LogP contribution is 2.09. The molecule has 17 heavy (non-hydrogen) atoms. The average Bonchev–Trinajstić information content (AvgIpc) is 2.77. The summed E-state index contributed by atoms with van der Waals surface area (Å²) in [5.74, 6) is -0.741. The number of pyridine rings is 1. The molecule has 0 aliphatic rings. The number of fused-ring (bicyclic) bond motifs is 1. The molecule has 0 spiro atoms. The van der Waals surface area contributed by atoms with Crippen LogP contribution in [0.4, 0.5) is 0 Å². The molecule has 0 aliphatic carbocycles. The van der Waals surface area contributed by atoms with Gasteiger partial charge in [0.2, 0.25) is 0 Å². The zero-order chi connectivity index (χ0) is 12.1. The van der Waals surface area contributed by atoms with Gasteiger partial charge in [-0.3, -0.25) is 9.20 Å². The number of carboxylic acids is 1. The van der Waals surface area contributed by atoms with Crippen LogP contribution in [-0.2, 0) is 4.79 Å². The first-order chi connectivity index (χ1) is 8.27. The standard InChI is InChI=1S/C13H14N2O2/c16-13(17)8-3-1-2-5-11-6-4-7-12-9-14-10-15(11)12/h2,4-7,9-10H,1,3,8H2,(H,16,17). The summed E-state index contributed by atoms with van der Waals surface area (Å²) in [4.78, 5) is 14.4. The SMILES string of the molecule is O=C(O)CCCC=Cc1cccc2cncn12. The topological polar surface area (TPSA) is 54.6 Å². The Bertz CT molecular complexity index is 543. The lowest BCUT2D eigenvalue weighted by atomic mass is 10.2. The Morgan fingerprint density at radius 3 is 3.18 bits per heavy atom. The summed E-state index contributed by atoms with van der Waals surface area (Å²) in [6.07, 6.45) is 9.24. The van der Waals surface area contributed by atoms with Crippen molar-refractivity contribution in [1.82, 2.24) is 9.38 Å². The Morgan fingerprint density at radius 1 is 1.47 bits per heavy atom. The van der Waals surface area contributed by atoms with Crippen LogP contribution in [-0.4, -0.2) is 20.5 Å². The summed E-state index contributed by atoms with van der Waals surface area (Å²) < 4.78 is 1.99. The number of imidazole rings is 1. The molecule has 2 rings (SSSR count). The lowest BCUT2D eigenvalue weighted by Crippen LogP contribution is -1.92. The van der Waals surface area contributed by atoms with Gasteiger partial charge in [0.15, 0.2) is 0 Å². The molecule has 0 fully saturated rings. The molecule has 0 aromatic carbocycles. The van der Waals surface area contributed by atoms with Crippen molar-refractivity contribution in [3.63, 3.8) is 0 Å². The van der Waals surface area contributed by atoms with E-state index >= 15 is 0 Å². The zero-order valence-electron chi connectivity index (χ0n) is 9.41. The molecule has 0 unspecified atom stereocenters. The molecule has 88 valence electrons. The molecule has 0 saturated heterocycles. The number of allylic oxidation sites excluding steroid dienone is 1. The first-order valence-corrected chi connectivity index (χ1v) is 5.57. The van der Waals surface area contributed by atoms with Crippen LogP contribution >= 0.6 is 0 Å². The molecule has 4 nitrogen and oxygen atoms in total. The highest BCUT2D eigenvalue weighted by molar-refractivity contribution is 5.66. The molecule has 0 aliphatic heterocycles. The Hall–Kier alpha value is -2.10. The van der Waals surface area contributed by atoms with Gasteiger partial charge < -0.3 is 5.11 Å². The Kier molecular flexibility index (Phi) is 3.55. The molecular formula is C13H14N2O2. The summed E-state index contributed by atoms with van der Waals surface area (Å²) in [7, 11) is 0. The van der Waals surface area contributed by atoms with Crippen molar-refractivity contribution < 1.29 is 9.90 Å². The number of hydrogen-bond acceptors (Lipinski definition) is 2. The van der Waals surface area contributed by atoms with E-state index < -0.39 is 5.97 Å². The summed E-state index contributed by atoms with van der Waals surface area (Å²) in [5.41, 5.74) is 2.10. The second kappa shape index (κ2) is 5.30. The largest absolute Gasteiger partial charge is 0.481 e. The number of aliphatic carboxylic acids is 1. The summed E-state index contributed by atoms with van der Waals surface area (Å²) in [6, 6.07) is 5.98. The van der Waals surface area contributed by atoms with E-state index in [1.54, 1.807) is 6.33 Å². The van der Waals surface area contributed by atoms with Gasteiger partial charge in [-0.15, -0.1) is 0 Å². The number of hydrogen-bond donors (Lipinski definition) is 1. The van der Waals surface area contributed by atoms with E-state index in [2.05, 4.69) is 4.98 Å². The molecule has 0 atom stereocenters.